The van der Waals surface area contributed by atoms with Crippen LogP contribution in [0.2, 0.25) is 0 Å². The van der Waals surface area contributed by atoms with Gasteiger partial charge in [-0.15, -0.1) is 0 Å². The molecule has 56 valence electrons. The fourth-order valence-corrected chi connectivity index (χ4v) is 2.05. The quantitative estimate of drug-likeness (QED) is 0.565. The summed E-state index contributed by atoms with van der Waals surface area (Å²) in [5.74, 6) is 1.24. The summed E-state index contributed by atoms with van der Waals surface area (Å²) >= 11 is 0. The number of nitrogens with one attached hydrogen (secondary N) is 1. The van der Waals surface area contributed by atoms with Crippen molar-refractivity contribution in [3.05, 3.63) is 0 Å². The van der Waals surface area contributed by atoms with Crippen molar-refractivity contribution >= 4 is 5.97 Å². The van der Waals surface area contributed by atoms with Gasteiger partial charge in [-0.1, -0.05) is 0 Å². The van der Waals surface area contributed by atoms with Gasteiger partial charge in [0, 0.05) is 6.42 Å². The third-order valence-corrected chi connectivity index (χ3v) is 2.68. The molecule has 3 nitrogen and oxygen atoms in total. The van der Waals surface area contributed by atoms with E-state index < -0.39 is 5.97 Å². The van der Waals surface area contributed by atoms with Crippen molar-refractivity contribution in [1.82, 2.24) is 5.32 Å². The van der Waals surface area contributed by atoms with Gasteiger partial charge in [0.2, 0.25) is 0 Å². The van der Waals surface area contributed by atoms with Gasteiger partial charge < -0.3 is 10.4 Å². The predicted molar refractivity (Wildman–Crippen MR) is 35.6 cm³/mol. The molecule has 1 heterocycles. The van der Waals surface area contributed by atoms with Crippen molar-refractivity contribution in [2.24, 2.45) is 17.8 Å². The zero-order valence-corrected chi connectivity index (χ0v) is 5.71. The normalized spacial score (nSPS) is 43.0. The molecule has 0 bridgehead atoms. The third-order valence-electron chi connectivity index (χ3n) is 2.68. The molecule has 0 spiro atoms. The molecule has 3 heteroatoms. The molecule has 1 aliphatic carbocycles. The van der Waals surface area contributed by atoms with Gasteiger partial charge in [-0.3, -0.25) is 4.79 Å². The molecule has 2 unspecified atom stereocenters. The summed E-state index contributed by atoms with van der Waals surface area (Å²) in [6.45, 7) is 2.09. The highest BCUT2D eigenvalue weighted by molar-refractivity contribution is 5.67. The van der Waals surface area contributed by atoms with E-state index in [1.165, 1.54) is 0 Å². The Bertz CT molecular complexity index is 159. The molecule has 2 atom stereocenters. The molecule has 0 aromatic heterocycles. The van der Waals surface area contributed by atoms with Crippen molar-refractivity contribution in [2.75, 3.05) is 13.1 Å². The van der Waals surface area contributed by atoms with E-state index in [9.17, 15) is 4.79 Å². The van der Waals surface area contributed by atoms with Crippen LogP contribution in [0.1, 0.15) is 6.42 Å². The molecule has 1 saturated heterocycles. The largest absolute Gasteiger partial charge is 0.481 e. The van der Waals surface area contributed by atoms with Crippen molar-refractivity contribution in [3.8, 4) is 0 Å². The minimum atomic E-state index is -0.639. The molecule has 10 heavy (non-hydrogen) atoms. The lowest BCUT2D eigenvalue weighted by atomic mass is 10.2. The predicted octanol–water partition coefficient (Wildman–Crippen LogP) is -0.0735. The second-order valence-corrected chi connectivity index (χ2v) is 3.25. The molecule has 0 amide bonds. The maximum Gasteiger partial charge on any atom is 0.303 e. The number of hydrogen-bond acceptors (Lipinski definition) is 2. The lowest BCUT2D eigenvalue weighted by molar-refractivity contribution is -0.137. The Morgan fingerprint density at radius 2 is 2.10 bits per heavy atom. The lowest BCUT2D eigenvalue weighted by Gasteiger charge is -1.98. The number of piperidine rings is 1. The van der Waals surface area contributed by atoms with E-state index in [2.05, 4.69) is 5.32 Å². The Labute approximate surface area is 59.4 Å². The minimum Gasteiger partial charge on any atom is -0.481 e. The molecule has 2 fully saturated rings. The summed E-state index contributed by atoms with van der Waals surface area (Å²) in [7, 11) is 0. The van der Waals surface area contributed by atoms with E-state index in [0.717, 1.165) is 13.1 Å². The second kappa shape index (κ2) is 1.95. The SMILES string of the molecule is O=C(O)CC1C2CNCC21. The number of carbonyl (C=O) groups is 1. The van der Waals surface area contributed by atoms with Crippen LogP contribution in [-0.4, -0.2) is 24.2 Å². The van der Waals surface area contributed by atoms with Crippen molar-refractivity contribution < 1.29 is 9.90 Å². The van der Waals surface area contributed by atoms with Gasteiger partial charge >= 0.3 is 5.97 Å². The molecule has 2 rings (SSSR count). The van der Waals surface area contributed by atoms with Crippen LogP contribution in [0.25, 0.3) is 0 Å². The number of rotatable bonds is 2. The highest BCUT2D eigenvalue weighted by atomic mass is 16.4. The first kappa shape index (κ1) is 6.16. The van der Waals surface area contributed by atoms with Crippen LogP contribution >= 0.6 is 0 Å². The summed E-state index contributed by atoms with van der Waals surface area (Å²) in [6.07, 6.45) is 0.386. The van der Waals surface area contributed by atoms with E-state index >= 15 is 0 Å². The van der Waals surface area contributed by atoms with Gasteiger partial charge in [0.15, 0.2) is 0 Å². The first-order valence-electron chi connectivity index (χ1n) is 3.71. The van der Waals surface area contributed by atoms with Crippen LogP contribution in [0.4, 0.5) is 0 Å². The standard InChI is InChI=1S/C7H11NO2/c9-7(10)1-4-5-2-8-3-6(4)5/h4-6,8H,1-3H2,(H,9,10). The van der Waals surface area contributed by atoms with Crippen molar-refractivity contribution in [1.29, 1.82) is 0 Å². The Morgan fingerprint density at radius 3 is 2.60 bits per heavy atom. The molecule has 2 N–H and O–H groups in total. The fraction of sp³-hybridized carbons (Fsp3) is 0.857. The summed E-state index contributed by atoms with van der Waals surface area (Å²) in [6, 6.07) is 0. The topological polar surface area (TPSA) is 49.3 Å². The molecule has 0 aromatic rings. The Morgan fingerprint density at radius 1 is 1.50 bits per heavy atom. The molecule has 0 aromatic carbocycles. The zero-order valence-electron chi connectivity index (χ0n) is 5.71. The van der Waals surface area contributed by atoms with Crippen LogP contribution in [0, 0.1) is 17.8 Å². The van der Waals surface area contributed by atoms with Crippen LogP contribution in [0.5, 0.6) is 0 Å². The van der Waals surface area contributed by atoms with Crippen LogP contribution in [-0.2, 0) is 4.79 Å². The monoisotopic (exact) mass is 141 g/mol. The fourth-order valence-electron chi connectivity index (χ4n) is 2.05. The highest BCUT2D eigenvalue weighted by Crippen LogP contribution is 2.50. The smallest absolute Gasteiger partial charge is 0.303 e. The van der Waals surface area contributed by atoms with Gasteiger partial charge in [-0.25, -0.2) is 0 Å². The average Bonchev–Trinajstić information content (AvgIpc) is 2.40. The summed E-state index contributed by atoms with van der Waals surface area (Å²) in [5.41, 5.74) is 0. The van der Waals surface area contributed by atoms with E-state index in [1.54, 1.807) is 0 Å². The Balaban J connectivity index is 1.84. The number of fused-ring (bicyclic) bond motifs is 1. The van der Waals surface area contributed by atoms with E-state index in [0.29, 0.717) is 24.2 Å². The number of hydrogen-bond donors (Lipinski definition) is 2. The van der Waals surface area contributed by atoms with E-state index in [4.69, 9.17) is 5.11 Å². The van der Waals surface area contributed by atoms with E-state index in [1.807, 2.05) is 0 Å². The van der Waals surface area contributed by atoms with Gasteiger partial charge in [-0.2, -0.15) is 0 Å². The van der Waals surface area contributed by atoms with Crippen LogP contribution in [0.15, 0.2) is 0 Å². The Hall–Kier alpha value is -0.570. The molecular weight excluding hydrogens is 130 g/mol. The zero-order chi connectivity index (χ0) is 7.14. The maximum atomic E-state index is 10.3. The van der Waals surface area contributed by atoms with Gasteiger partial charge in [0.1, 0.15) is 0 Å². The minimum absolute atomic E-state index is 0.386. The molecule has 2 aliphatic rings. The second-order valence-electron chi connectivity index (χ2n) is 3.25. The number of carboxylic acid groups (broad SMARTS) is 1. The van der Waals surface area contributed by atoms with E-state index in [-0.39, 0.29) is 0 Å². The lowest BCUT2D eigenvalue weighted by Crippen LogP contribution is -2.15. The van der Waals surface area contributed by atoms with Crippen molar-refractivity contribution in [3.63, 3.8) is 0 Å². The first-order chi connectivity index (χ1) is 4.79. The van der Waals surface area contributed by atoms with Crippen LogP contribution < -0.4 is 5.32 Å². The number of carboxylic acids is 1. The summed E-state index contributed by atoms with van der Waals surface area (Å²) in [5, 5.41) is 11.7. The Kier molecular flexibility index (Phi) is 1.20. The highest BCUT2D eigenvalue weighted by Gasteiger charge is 2.53. The van der Waals surface area contributed by atoms with Crippen LogP contribution in [0.3, 0.4) is 0 Å². The third kappa shape index (κ3) is 0.814. The van der Waals surface area contributed by atoms with Gasteiger partial charge in [0.25, 0.3) is 0 Å². The molecule has 1 aliphatic heterocycles. The number of aliphatic carboxylic acids is 1. The summed E-state index contributed by atoms with van der Waals surface area (Å²) < 4.78 is 0. The average molecular weight is 141 g/mol. The van der Waals surface area contributed by atoms with Gasteiger partial charge in [0.05, 0.1) is 0 Å². The first-order valence-corrected chi connectivity index (χ1v) is 3.71. The molecule has 1 saturated carbocycles. The van der Waals surface area contributed by atoms with Crippen molar-refractivity contribution in [2.45, 2.75) is 6.42 Å². The van der Waals surface area contributed by atoms with Gasteiger partial charge in [-0.05, 0) is 30.8 Å². The maximum absolute atomic E-state index is 10.3. The summed E-state index contributed by atoms with van der Waals surface area (Å²) in [4.78, 5) is 10.3. The molecule has 0 radical (unpaired) electrons. The molecular formula is C7H11NO2.